The number of para-hydroxylation sites is 1. The van der Waals surface area contributed by atoms with Crippen LogP contribution in [0.3, 0.4) is 0 Å². The second-order valence-electron chi connectivity index (χ2n) is 7.52. The molecule has 37 heavy (non-hydrogen) atoms. The number of carboxylic acid groups (broad SMARTS) is 1. The Hall–Kier alpha value is -3.87. The lowest BCUT2D eigenvalue weighted by atomic mass is 10.2. The van der Waals surface area contributed by atoms with Gasteiger partial charge in [0.25, 0.3) is 10.0 Å². The van der Waals surface area contributed by atoms with Gasteiger partial charge in [-0.15, -0.1) is 11.3 Å². The van der Waals surface area contributed by atoms with E-state index in [0.29, 0.717) is 5.75 Å². The number of sulfonamides is 1. The van der Waals surface area contributed by atoms with Crippen LogP contribution in [0.15, 0.2) is 104 Å². The van der Waals surface area contributed by atoms with Crippen LogP contribution in [0.2, 0.25) is 0 Å². The maximum Gasteiger partial charge on any atom is 0.339 e. The Morgan fingerprint density at radius 1 is 0.811 bits per heavy atom. The first-order chi connectivity index (χ1) is 17.7. The summed E-state index contributed by atoms with van der Waals surface area (Å²) in [7, 11) is -8.21. The SMILES string of the molecule is O=C(O)c1ccccc1OCCOc1ccc(NS(=O)(=O)c2sccc2S(=O)(=O)c2ccccc2)cc1. The third-order valence-corrected chi connectivity index (χ3v) is 9.95. The molecule has 12 heteroatoms. The standard InChI is InChI=1S/C25H21NO8S3/c27-24(28)21-8-4-5-9-22(21)34-16-15-33-19-12-10-18(11-13-19)26-37(31,32)25-23(14-17-35-25)36(29,30)20-6-2-1-3-7-20/h1-14,17,26H,15-16H2,(H,27,28). The molecule has 0 saturated carbocycles. The monoisotopic (exact) mass is 559 g/mol. The maximum absolute atomic E-state index is 13.0. The zero-order valence-electron chi connectivity index (χ0n) is 19.1. The molecule has 0 aliphatic carbocycles. The highest BCUT2D eigenvalue weighted by Gasteiger charge is 2.29. The molecule has 9 nitrogen and oxygen atoms in total. The van der Waals surface area contributed by atoms with Gasteiger partial charge in [-0.05, 0) is 60.0 Å². The van der Waals surface area contributed by atoms with Crippen molar-refractivity contribution in [2.24, 2.45) is 0 Å². The average Bonchev–Trinajstić information content (AvgIpc) is 3.40. The normalized spacial score (nSPS) is 11.6. The van der Waals surface area contributed by atoms with E-state index in [0.717, 1.165) is 11.3 Å². The highest BCUT2D eigenvalue weighted by Crippen LogP contribution is 2.33. The summed E-state index contributed by atoms with van der Waals surface area (Å²) in [5.74, 6) is -0.436. The van der Waals surface area contributed by atoms with Crippen LogP contribution in [-0.4, -0.2) is 41.1 Å². The molecule has 0 amide bonds. The molecule has 0 bridgehead atoms. The predicted molar refractivity (Wildman–Crippen MR) is 138 cm³/mol. The van der Waals surface area contributed by atoms with Crippen LogP contribution in [0.1, 0.15) is 10.4 Å². The number of carbonyl (C=O) groups is 1. The minimum atomic E-state index is -4.19. The summed E-state index contributed by atoms with van der Waals surface area (Å²) in [5.41, 5.74) is 0.264. The van der Waals surface area contributed by atoms with Crippen LogP contribution in [0.25, 0.3) is 0 Å². The van der Waals surface area contributed by atoms with Crippen LogP contribution in [0, 0.1) is 0 Å². The van der Waals surface area contributed by atoms with Gasteiger partial charge in [0.1, 0.15) is 35.2 Å². The van der Waals surface area contributed by atoms with Crippen LogP contribution in [-0.2, 0) is 19.9 Å². The van der Waals surface area contributed by atoms with Crippen LogP contribution < -0.4 is 14.2 Å². The lowest BCUT2D eigenvalue weighted by molar-refractivity contribution is 0.0691. The maximum atomic E-state index is 13.0. The van der Waals surface area contributed by atoms with Crippen molar-refractivity contribution in [3.8, 4) is 11.5 Å². The second-order valence-corrected chi connectivity index (χ2v) is 12.2. The van der Waals surface area contributed by atoms with Crippen LogP contribution in [0.4, 0.5) is 5.69 Å². The summed E-state index contributed by atoms with van der Waals surface area (Å²) in [6, 6.07) is 21.2. The fraction of sp³-hybridized carbons (Fsp3) is 0.0800. The van der Waals surface area contributed by atoms with Crippen molar-refractivity contribution in [2.45, 2.75) is 14.0 Å². The van der Waals surface area contributed by atoms with Gasteiger partial charge in [-0.25, -0.2) is 21.6 Å². The molecule has 0 aliphatic heterocycles. The Bertz CT molecular complexity index is 1600. The summed E-state index contributed by atoms with van der Waals surface area (Å²) < 4.78 is 65.1. The number of benzene rings is 3. The number of hydrogen-bond acceptors (Lipinski definition) is 8. The number of carboxylic acids is 1. The van der Waals surface area contributed by atoms with Gasteiger partial charge < -0.3 is 14.6 Å². The molecule has 0 saturated heterocycles. The molecule has 3 aromatic carbocycles. The van der Waals surface area contributed by atoms with E-state index >= 15 is 0 Å². The minimum absolute atomic E-state index is 0.00165. The lowest BCUT2D eigenvalue weighted by Crippen LogP contribution is -2.15. The van der Waals surface area contributed by atoms with E-state index in [-0.39, 0.29) is 44.2 Å². The van der Waals surface area contributed by atoms with E-state index in [2.05, 4.69) is 4.72 Å². The summed E-state index contributed by atoms with van der Waals surface area (Å²) in [4.78, 5) is 10.9. The first-order valence-electron chi connectivity index (χ1n) is 10.8. The van der Waals surface area contributed by atoms with E-state index in [4.69, 9.17) is 9.47 Å². The Kier molecular flexibility index (Phi) is 7.81. The molecule has 1 heterocycles. The van der Waals surface area contributed by atoms with E-state index < -0.39 is 25.8 Å². The topological polar surface area (TPSA) is 136 Å². The van der Waals surface area contributed by atoms with Crippen molar-refractivity contribution in [1.29, 1.82) is 0 Å². The molecule has 0 fully saturated rings. The van der Waals surface area contributed by atoms with Crippen molar-refractivity contribution in [1.82, 2.24) is 0 Å². The van der Waals surface area contributed by atoms with Gasteiger partial charge in [0.05, 0.1) is 4.90 Å². The smallest absolute Gasteiger partial charge is 0.339 e. The quantitative estimate of drug-likeness (QED) is 0.256. The largest absolute Gasteiger partial charge is 0.490 e. The molecule has 4 aromatic rings. The molecular weight excluding hydrogens is 538 g/mol. The third kappa shape index (κ3) is 6.10. The van der Waals surface area contributed by atoms with E-state index in [1.807, 2.05) is 0 Å². The summed E-state index contributed by atoms with van der Waals surface area (Å²) in [6.45, 7) is 0.213. The van der Waals surface area contributed by atoms with Gasteiger partial charge in [-0.3, -0.25) is 4.72 Å². The highest BCUT2D eigenvalue weighted by molar-refractivity contribution is 7.96. The van der Waals surface area contributed by atoms with Gasteiger partial charge >= 0.3 is 5.97 Å². The Morgan fingerprint density at radius 3 is 2.16 bits per heavy atom. The fourth-order valence-electron chi connectivity index (χ4n) is 3.31. The van der Waals surface area contributed by atoms with Crippen LogP contribution >= 0.6 is 11.3 Å². The molecule has 0 spiro atoms. The number of hydrogen-bond donors (Lipinski definition) is 2. The average molecular weight is 560 g/mol. The van der Waals surface area contributed by atoms with Gasteiger partial charge in [0.15, 0.2) is 4.21 Å². The van der Waals surface area contributed by atoms with Crippen molar-refractivity contribution in [3.63, 3.8) is 0 Å². The number of rotatable bonds is 11. The first-order valence-corrected chi connectivity index (χ1v) is 14.6. The van der Waals surface area contributed by atoms with Gasteiger partial charge in [-0.1, -0.05) is 30.3 Å². The number of nitrogens with one attached hydrogen (secondary N) is 1. The van der Waals surface area contributed by atoms with E-state index in [9.17, 15) is 26.7 Å². The fourth-order valence-corrected chi connectivity index (χ4v) is 7.94. The first kappa shape index (κ1) is 26.2. The van der Waals surface area contributed by atoms with Gasteiger partial charge in [0, 0.05) is 5.69 Å². The van der Waals surface area contributed by atoms with Crippen molar-refractivity contribution in [2.75, 3.05) is 17.9 Å². The zero-order chi connectivity index (χ0) is 26.5. The predicted octanol–water partition coefficient (Wildman–Crippen LogP) is 4.54. The molecule has 192 valence electrons. The number of sulfone groups is 1. The summed E-state index contributed by atoms with van der Waals surface area (Å²) in [5, 5.41) is 10.6. The highest BCUT2D eigenvalue weighted by atomic mass is 32.2. The van der Waals surface area contributed by atoms with Crippen molar-refractivity contribution in [3.05, 3.63) is 95.9 Å². The number of thiophene rings is 1. The molecular formula is C25H21NO8S3. The van der Waals surface area contributed by atoms with E-state index in [1.165, 1.54) is 41.8 Å². The van der Waals surface area contributed by atoms with Crippen LogP contribution in [0.5, 0.6) is 11.5 Å². The second kappa shape index (κ2) is 11.0. The van der Waals surface area contributed by atoms with Gasteiger partial charge in [-0.2, -0.15) is 0 Å². The summed E-state index contributed by atoms with van der Waals surface area (Å²) in [6.07, 6.45) is 0. The number of aromatic carboxylic acids is 1. The number of ether oxygens (including phenoxy) is 2. The van der Waals surface area contributed by atoms with Crippen molar-refractivity contribution < 1.29 is 36.2 Å². The number of anilines is 1. The Morgan fingerprint density at radius 2 is 1.46 bits per heavy atom. The lowest BCUT2D eigenvalue weighted by Gasteiger charge is -2.12. The third-order valence-electron chi connectivity index (χ3n) is 5.02. The molecule has 0 radical (unpaired) electrons. The molecule has 0 aliphatic rings. The van der Waals surface area contributed by atoms with Gasteiger partial charge in [0.2, 0.25) is 9.84 Å². The zero-order valence-corrected chi connectivity index (χ0v) is 21.6. The Balaban J connectivity index is 1.39. The van der Waals surface area contributed by atoms with E-state index in [1.54, 1.807) is 48.5 Å². The summed E-state index contributed by atoms with van der Waals surface area (Å²) >= 11 is 0.810. The Labute approximate surface area is 217 Å². The molecule has 2 N–H and O–H groups in total. The minimum Gasteiger partial charge on any atom is -0.490 e. The molecule has 4 rings (SSSR count). The molecule has 1 aromatic heterocycles. The molecule has 0 unspecified atom stereocenters. The van der Waals surface area contributed by atoms with Crippen molar-refractivity contribution >= 4 is 42.9 Å². The molecule has 0 atom stereocenters.